The molecule has 1 N–H and O–H groups in total. The molecule has 1 heterocycles. The van der Waals surface area contributed by atoms with Crippen molar-refractivity contribution in [2.24, 2.45) is 0 Å². The molecule has 1 unspecified atom stereocenters. The van der Waals surface area contributed by atoms with E-state index in [2.05, 4.69) is 66.4 Å². The van der Waals surface area contributed by atoms with Crippen LogP contribution in [0.5, 0.6) is 0 Å². The molecule has 20 heavy (non-hydrogen) atoms. The first-order chi connectivity index (χ1) is 9.69. The molecule has 0 bridgehead atoms. The molecule has 0 spiro atoms. The number of pyridine rings is 1. The third-order valence-electron chi connectivity index (χ3n) is 2.93. The second kappa shape index (κ2) is 8.17. The Balaban J connectivity index is 1.92. The van der Waals surface area contributed by atoms with Crippen molar-refractivity contribution < 1.29 is 0 Å². The van der Waals surface area contributed by atoms with Crippen molar-refractivity contribution in [3.8, 4) is 0 Å². The summed E-state index contributed by atoms with van der Waals surface area (Å²) in [5.74, 6) is 1.01. The number of nitrogens with one attached hydrogen (secondary N) is 1. The zero-order valence-corrected chi connectivity index (χ0v) is 15.1. The summed E-state index contributed by atoms with van der Waals surface area (Å²) in [5, 5.41) is 3.37. The highest BCUT2D eigenvalue weighted by Gasteiger charge is 2.10. The molecule has 2 nitrogen and oxygen atoms in total. The van der Waals surface area contributed by atoms with E-state index in [0.29, 0.717) is 6.04 Å². The van der Waals surface area contributed by atoms with Gasteiger partial charge in [-0.25, -0.2) is 0 Å². The topological polar surface area (TPSA) is 24.9 Å². The van der Waals surface area contributed by atoms with E-state index in [1.54, 1.807) is 0 Å². The molecule has 0 aliphatic heterocycles. The van der Waals surface area contributed by atoms with Crippen LogP contribution in [-0.4, -0.2) is 23.8 Å². The number of rotatable bonds is 6. The van der Waals surface area contributed by atoms with Crippen LogP contribution in [0.1, 0.15) is 5.69 Å². The van der Waals surface area contributed by atoms with Crippen molar-refractivity contribution in [1.82, 2.24) is 10.3 Å². The minimum atomic E-state index is 0.404. The van der Waals surface area contributed by atoms with E-state index in [0.717, 1.165) is 26.8 Å². The van der Waals surface area contributed by atoms with Gasteiger partial charge in [0.25, 0.3) is 0 Å². The van der Waals surface area contributed by atoms with Crippen LogP contribution in [0.4, 0.5) is 0 Å². The molecule has 2 rings (SSSR count). The van der Waals surface area contributed by atoms with Crippen molar-refractivity contribution in [3.63, 3.8) is 0 Å². The second-order valence-corrected chi connectivity index (χ2v) is 7.23. The summed E-state index contributed by atoms with van der Waals surface area (Å²) in [6.07, 6.45) is 2.78. The Hall–Kier alpha value is -0.360. The minimum absolute atomic E-state index is 0.404. The van der Waals surface area contributed by atoms with Gasteiger partial charge in [0.15, 0.2) is 0 Å². The Labute approximate surface area is 141 Å². The van der Waals surface area contributed by atoms with E-state index in [-0.39, 0.29) is 0 Å². The normalized spacial score (nSPS) is 12.3. The Bertz CT molecular complexity index is 546. The van der Waals surface area contributed by atoms with Gasteiger partial charge in [-0.1, -0.05) is 12.1 Å². The fraction of sp³-hybridized carbons (Fsp3) is 0.267. The van der Waals surface area contributed by atoms with Crippen molar-refractivity contribution in [3.05, 3.63) is 57.2 Å². The van der Waals surface area contributed by atoms with Gasteiger partial charge >= 0.3 is 0 Å². The van der Waals surface area contributed by atoms with E-state index < -0.39 is 0 Å². The number of hydrogen-bond acceptors (Lipinski definition) is 3. The molecule has 106 valence electrons. The highest BCUT2D eigenvalue weighted by atomic mass is 79.9. The highest BCUT2D eigenvalue weighted by Crippen LogP contribution is 2.27. The van der Waals surface area contributed by atoms with Gasteiger partial charge < -0.3 is 5.32 Å². The van der Waals surface area contributed by atoms with E-state index in [1.807, 2.05) is 37.1 Å². The lowest BCUT2D eigenvalue weighted by Gasteiger charge is -2.15. The number of halogens is 2. The summed E-state index contributed by atoms with van der Waals surface area (Å²) in [4.78, 5) is 5.71. The molecule has 0 amide bonds. The summed E-state index contributed by atoms with van der Waals surface area (Å²) >= 11 is 8.85. The quantitative estimate of drug-likeness (QED) is 0.701. The molecule has 0 radical (unpaired) electrons. The third kappa shape index (κ3) is 4.88. The van der Waals surface area contributed by atoms with Crippen LogP contribution in [0.15, 0.2) is 56.4 Å². The molecule has 5 heteroatoms. The lowest BCUT2D eigenvalue weighted by Crippen LogP contribution is -2.30. The minimum Gasteiger partial charge on any atom is -0.316 e. The van der Waals surface area contributed by atoms with Crippen LogP contribution in [0.25, 0.3) is 0 Å². The maximum absolute atomic E-state index is 4.43. The Morgan fingerprint density at radius 3 is 2.65 bits per heavy atom. The summed E-state index contributed by atoms with van der Waals surface area (Å²) in [5.41, 5.74) is 1.11. The molecule has 1 aromatic carbocycles. The Kier molecular flexibility index (Phi) is 6.55. The standard InChI is InChI=1S/C15H16Br2N2S/c1-18-13(8-12-7-6-11(16)9-19-12)10-20-15-5-3-2-4-14(15)17/h2-7,9,13,18H,8,10H2,1H3. The molecule has 1 aromatic heterocycles. The zero-order valence-electron chi connectivity index (χ0n) is 11.1. The van der Waals surface area contributed by atoms with Crippen LogP contribution in [-0.2, 0) is 6.42 Å². The maximum atomic E-state index is 4.43. The Morgan fingerprint density at radius 2 is 2.00 bits per heavy atom. The lowest BCUT2D eigenvalue weighted by molar-refractivity contribution is 0.609. The molecule has 0 fully saturated rings. The summed E-state index contributed by atoms with van der Waals surface area (Å²) in [6, 6.07) is 12.8. The van der Waals surface area contributed by atoms with Crippen molar-refractivity contribution >= 4 is 43.6 Å². The number of aromatic nitrogens is 1. The predicted octanol–water partition coefficient (Wildman–Crippen LogP) is 4.53. The lowest BCUT2D eigenvalue weighted by atomic mass is 10.2. The molecular weight excluding hydrogens is 400 g/mol. The van der Waals surface area contributed by atoms with E-state index in [1.165, 1.54) is 4.90 Å². The fourth-order valence-corrected chi connectivity index (χ4v) is 3.68. The molecule has 0 aliphatic rings. The van der Waals surface area contributed by atoms with Gasteiger partial charge in [0.2, 0.25) is 0 Å². The number of nitrogens with zero attached hydrogens (tertiary/aromatic N) is 1. The van der Waals surface area contributed by atoms with Gasteiger partial charge in [0.1, 0.15) is 0 Å². The fourth-order valence-electron chi connectivity index (χ4n) is 1.78. The summed E-state index contributed by atoms with van der Waals surface area (Å²) < 4.78 is 2.17. The van der Waals surface area contributed by atoms with E-state index >= 15 is 0 Å². The second-order valence-electron chi connectivity index (χ2n) is 4.40. The van der Waals surface area contributed by atoms with Gasteiger partial charge in [-0.2, -0.15) is 0 Å². The predicted molar refractivity (Wildman–Crippen MR) is 93.4 cm³/mol. The van der Waals surface area contributed by atoms with Crippen molar-refractivity contribution in [2.45, 2.75) is 17.4 Å². The Morgan fingerprint density at radius 1 is 1.20 bits per heavy atom. The van der Waals surface area contributed by atoms with Crippen LogP contribution < -0.4 is 5.32 Å². The van der Waals surface area contributed by atoms with Crippen LogP contribution >= 0.6 is 43.6 Å². The monoisotopic (exact) mass is 414 g/mol. The average Bonchev–Trinajstić information content (AvgIpc) is 2.47. The number of benzene rings is 1. The summed E-state index contributed by atoms with van der Waals surface area (Å²) in [6.45, 7) is 0. The zero-order chi connectivity index (χ0) is 14.4. The molecular formula is C15H16Br2N2S. The number of thioether (sulfide) groups is 1. The number of hydrogen-bond donors (Lipinski definition) is 1. The van der Waals surface area contributed by atoms with Gasteiger partial charge in [0.05, 0.1) is 0 Å². The molecule has 0 aliphatic carbocycles. The molecule has 0 saturated heterocycles. The third-order valence-corrected chi connectivity index (χ3v) is 5.59. The molecule has 2 aromatic rings. The molecule has 1 atom stereocenters. The van der Waals surface area contributed by atoms with Gasteiger partial charge in [0, 0.05) is 43.9 Å². The molecule has 0 saturated carbocycles. The number of likely N-dealkylation sites (N-methyl/N-ethyl adjacent to an activating group) is 1. The smallest absolute Gasteiger partial charge is 0.0420 e. The highest BCUT2D eigenvalue weighted by molar-refractivity contribution is 9.10. The van der Waals surface area contributed by atoms with Crippen LogP contribution in [0.2, 0.25) is 0 Å². The summed E-state index contributed by atoms with van der Waals surface area (Å²) in [7, 11) is 2.00. The van der Waals surface area contributed by atoms with Crippen LogP contribution in [0.3, 0.4) is 0 Å². The van der Waals surface area contributed by atoms with E-state index in [9.17, 15) is 0 Å². The van der Waals surface area contributed by atoms with Gasteiger partial charge in [-0.15, -0.1) is 11.8 Å². The van der Waals surface area contributed by atoms with Gasteiger partial charge in [-0.3, -0.25) is 4.98 Å². The SMILES string of the molecule is CNC(CSc1ccccc1Br)Cc1ccc(Br)cn1. The van der Waals surface area contributed by atoms with Gasteiger partial charge in [-0.05, 0) is 63.2 Å². The first kappa shape index (κ1) is 16.0. The first-order valence-corrected chi connectivity index (χ1v) is 8.91. The first-order valence-electron chi connectivity index (χ1n) is 6.34. The maximum Gasteiger partial charge on any atom is 0.0420 e. The van der Waals surface area contributed by atoms with E-state index in [4.69, 9.17) is 0 Å². The van der Waals surface area contributed by atoms with Crippen molar-refractivity contribution in [1.29, 1.82) is 0 Å². The largest absolute Gasteiger partial charge is 0.316 e. The average molecular weight is 416 g/mol. The van der Waals surface area contributed by atoms with Crippen molar-refractivity contribution in [2.75, 3.05) is 12.8 Å². The van der Waals surface area contributed by atoms with Crippen LogP contribution in [0, 0.1) is 0 Å².